The maximum Gasteiger partial charge on any atom is 0.165 e. The highest BCUT2D eigenvalue weighted by molar-refractivity contribution is 5.81. The molecule has 2 aromatic rings. The Balaban J connectivity index is 1.81. The second-order valence-electron chi connectivity index (χ2n) is 5.13. The van der Waals surface area contributed by atoms with Gasteiger partial charge in [0, 0.05) is 5.41 Å². The molecular weight excluding hydrogens is 230 g/mol. The Hall–Kier alpha value is -1.95. The predicted molar refractivity (Wildman–Crippen MR) is 65.5 cm³/mol. The fourth-order valence-electron chi connectivity index (χ4n) is 3.04. The lowest BCUT2D eigenvalue weighted by atomic mass is 10.1. The van der Waals surface area contributed by atoms with Crippen LogP contribution in [0.25, 0.3) is 11.2 Å². The summed E-state index contributed by atoms with van der Waals surface area (Å²) in [6.45, 7) is 0.217. The highest BCUT2D eigenvalue weighted by Crippen LogP contribution is 2.63. The number of fused-ring (bicyclic) bond motifs is 2. The Labute approximate surface area is 103 Å². The van der Waals surface area contributed by atoms with E-state index in [2.05, 4.69) is 27.1 Å². The van der Waals surface area contributed by atoms with Crippen molar-refractivity contribution in [1.29, 1.82) is 0 Å². The smallest absolute Gasteiger partial charge is 0.165 e. The molecule has 0 saturated heterocycles. The number of aliphatic hydroxyl groups is 1. The molecule has 0 bridgehead atoms. The van der Waals surface area contributed by atoms with Crippen LogP contribution in [0.4, 0.5) is 5.82 Å². The Bertz CT molecular complexity index is 664. The SMILES string of the molecule is Nc1ncnc2c1ncn2[C@@H]1C=C[C@@]2(CO)C[C@@H]12. The van der Waals surface area contributed by atoms with Crippen molar-refractivity contribution in [2.45, 2.75) is 12.5 Å². The van der Waals surface area contributed by atoms with E-state index in [0.717, 1.165) is 12.1 Å². The first-order valence-electron chi connectivity index (χ1n) is 5.98. The van der Waals surface area contributed by atoms with Crippen molar-refractivity contribution in [3.05, 3.63) is 24.8 Å². The first kappa shape index (κ1) is 10.0. The first-order valence-corrected chi connectivity index (χ1v) is 5.98. The van der Waals surface area contributed by atoms with Gasteiger partial charge in [0.1, 0.15) is 11.8 Å². The van der Waals surface area contributed by atoms with Crippen molar-refractivity contribution in [2.75, 3.05) is 12.3 Å². The second-order valence-corrected chi connectivity index (χ2v) is 5.13. The maximum absolute atomic E-state index is 9.42. The van der Waals surface area contributed by atoms with Crippen LogP contribution < -0.4 is 5.73 Å². The van der Waals surface area contributed by atoms with Gasteiger partial charge in [-0.25, -0.2) is 15.0 Å². The predicted octanol–water partition coefficient (Wildman–Crippen LogP) is 0.518. The number of imidazole rings is 1. The highest BCUT2D eigenvalue weighted by Gasteiger charge is 2.59. The molecule has 2 heterocycles. The summed E-state index contributed by atoms with van der Waals surface area (Å²) >= 11 is 0. The summed E-state index contributed by atoms with van der Waals surface area (Å²) in [5.41, 5.74) is 7.19. The minimum Gasteiger partial charge on any atom is -0.395 e. The summed E-state index contributed by atoms with van der Waals surface area (Å²) in [6.07, 6.45) is 8.50. The summed E-state index contributed by atoms with van der Waals surface area (Å²) in [4.78, 5) is 12.5. The van der Waals surface area contributed by atoms with Crippen LogP contribution in [0.2, 0.25) is 0 Å². The quantitative estimate of drug-likeness (QED) is 0.750. The van der Waals surface area contributed by atoms with Gasteiger partial charge in [0.15, 0.2) is 11.5 Å². The summed E-state index contributed by atoms with van der Waals surface area (Å²) in [5, 5.41) is 9.42. The molecule has 2 aromatic heterocycles. The van der Waals surface area contributed by atoms with E-state index in [0.29, 0.717) is 17.3 Å². The third-order valence-corrected chi connectivity index (χ3v) is 4.22. The average molecular weight is 243 g/mol. The van der Waals surface area contributed by atoms with Gasteiger partial charge in [0.25, 0.3) is 0 Å². The van der Waals surface area contributed by atoms with Crippen molar-refractivity contribution >= 4 is 17.0 Å². The Morgan fingerprint density at radius 2 is 2.33 bits per heavy atom. The molecule has 6 heteroatoms. The molecule has 1 fully saturated rings. The molecule has 0 amide bonds. The number of hydrogen-bond acceptors (Lipinski definition) is 5. The van der Waals surface area contributed by atoms with Gasteiger partial charge in [0.2, 0.25) is 0 Å². The number of aliphatic hydroxyl groups excluding tert-OH is 1. The number of rotatable bonds is 2. The number of nitrogens with zero attached hydrogens (tertiary/aromatic N) is 4. The van der Waals surface area contributed by atoms with Crippen molar-refractivity contribution in [3.8, 4) is 0 Å². The summed E-state index contributed by atoms with van der Waals surface area (Å²) in [5.74, 6) is 0.862. The Morgan fingerprint density at radius 3 is 3.06 bits per heavy atom. The molecule has 6 nitrogen and oxygen atoms in total. The maximum atomic E-state index is 9.42. The minimum atomic E-state index is -0.000164. The molecule has 0 unspecified atom stereocenters. The van der Waals surface area contributed by atoms with Crippen molar-refractivity contribution < 1.29 is 5.11 Å². The molecule has 92 valence electrons. The van der Waals surface area contributed by atoms with Gasteiger partial charge in [0.05, 0.1) is 19.0 Å². The normalized spacial score (nSPS) is 32.9. The van der Waals surface area contributed by atoms with Gasteiger partial charge in [-0.3, -0.25) is 0 Å². The van der Waals surface area contributed by atoms with Gasteiger partial charge in [-0.05, 0) is 12.3 Å². The number of nitrogen functional groups attached to an aromatic ring is 1. The lowest BCUT2D eigenvalue weighted by Gasteiger charge is -2.12. The zero-order valence-corrected chi connectivity index (χ0v) is 9.69. The lowest BCUT2D eigenvalue weighted by Crippen LogP contribution is -2.10. The topological polar surface area (TPSA) is 89.9 Å². The summed E-state index contributed by atoms with van der Waals surface area (Å²) in [7, 11) is 0. The molecule has 0 radical (unpaired) electrons. The largest absolute Gasteiger partial charge is 0.395 e. The molecule has 3 N–H and O–H groups in total. The first-order chi connectivity index (χ1) is 8.75. The number of aromatic nitrogens is 4. The lowest BCUT2D eigenvalue weighted by molar-refractivity contribution is 0.230. The van der Waals surface area contributed by atoms with Gasteiger partial charge in [-0.2, -0.15) is 0 Å². The van der Waals surface area contributed by atoms with Gasteiger partial charge in [-0.15, -0.1) is 0 Å². The number of hydrogen-bond donors (Lipinski definition) is 2. The standard InChI is InChI=1S/C12H13N5O/c13-10-9-11(15-5-14-10)17(6-16-9)8-1-2-12(4-18)3-7(8)12/h1-2,5-8,18H,3-4H2,(H2,13,14,15)/t7-,8+,12-/m0/s1. The van der Waals surface area contributed by atoms with Crippen LogP contribution in [0.15, 0.2) is 24.8 Å². The van der Waals surface area contributed by atoms with E-state index in [-0.39, 0.29) is 18.1 Å². The molecule has 2 aliphatic rings. The summed E-state index contributed by atoms with van der Waals surface area (Å²) < 4.78 is 2.03. The fourth-order valence-corrected chi connectivity index (χ4v) is 3.04. The fraction of sp³-hybridized carbons (Fsp3) is 0.417. The molecule has 0 aliphatic heterocycles. The molecule has 18 heavy (non-hydrogen) atoms. The van der Waals surface area contributed by atoms with E-state index in [4.69, 9.17) is 5.73 Å². The zero-order valence-electron chi connectivity index (χ0n) is 9.69. The van der Waals surface area contributed by atoms with E-state index in [1.807, 2.05) is 4.57 Å². The summed E-state index contributed by atoms with van der Waals surface area (Å²) in [6, 6.07) is 0.219. The van der Waals surface area contributed by atoms with Crippen LogP contribution >= 0.6 is 0 Å². The number of nitrogens with two attached hydrogens (primary N) is 1. The molecule has 3 atom stereocenters. The number of anilines is 1. The van der Waals surface area contributed by atoms with Crippen LogP contribution in [0.5, 0.6) is 0 Å². The molecule has 0 aromatic carbocycles. The van der Waals surface area contributed by atoms with E-state index in [1.54, 1.807) is 6.33 Å². The molecule has 4 rings (SSSR count). The van der Waals surface area contributed by atoms with Gasteiger partial charge in [-0.1, -0.05) is 12.2 Å². The molecule has 1 saturated carbocycles. The van der Waals surface area contributed by atoms with Crippen LogP contribution in [0.1, 0.15) is 12.5 Å². The van der Waals surface area contributed by atoms with Crippen molar-refractivity contribution in [2.24, 2.45) is 11.3 Å². The molecule has 2 aliphatic carbocycles. The average Bonchev–Trinajstić information content (AvgIpc) is 2.78. The highest BCUT2D eigenvalue weighted by atomic mass is 16.3. The molecule has 0 spiro atoms. The van der Waals surface area contributed by atoms with Crippen LogP contribution in [0, 0.1) is 11.3 Å². The molecular formula is C12H13N5O. The zero-order chi connectivity index (χ0) is 12.3. The van der Waals surface area contributed by atoms with Gasteiger partial charge < -0.3 is 15.4 Å². The van der Waals surface area contributed by atoms with Crippen LogP contribution in [0.3, 0.4) is 0 Å². The Kier molecular flexibility index (Phi) is 1.71. The Morgan fingerprint density at radius 1 is 1.44 bits per heavy atom. The minimum absolute atomic E-state index is 0.000164. The van der Waals surface area contributed by atoms with E-state index >= 15 is 0 Å². The third-order valence-electron chi connectivity index (χ3n) is 4.22. The van der Waals surface area contributed by atoms with Gasteiger partial charge >= 0.3 is 0 Å². The van der Waals surface area contributed by atoms with Crippen molar-refractivity contribution in [3.63, 3.8) is 0 Å². The second kappa shape index (κ2) is 3.08. The number of allylic oxidation sites excluding steroid dienone is 1. The van der Waals surface area contributed by atoms with E-state index < -0.39 is 0 Å². The van der Waals surface area contributed by atoms with Crippen molar-refractivity contribution in [1.82, 2.24) is 19.5 Å². The van der Waals surface area contributed by atoms with E-state index in [1.165, 1.54) is 6.33 Å². The third kappa shape index (κ3) is 1.08. The van der Waals surface area contributed by atoms with E-state index in [9.17, 15) is 5.11 Å². The van der Waals surface area contributed by atoms with Crippen LogP contribution in [-0.4, -0.2) is 31.2 Å². The monoisotopic (exact) mass is 243 g/mol. The van der Waals surface area contributed by atoms with Crippen LogP contribution in [-0.2, 0) is 0 Å².